The van der Waals surface area contributed by atoms with Crippen LogP contribution in [-0.4, -0.2) is 30.4 Å². The highest BCUT2D eigenvalue weighted by Crippen LogP contribution is 2.29. The van der Waals surface area contributed by atoms with Gasteiger partial charge in [-0.15, -0.1) is 0 Å². The maximum atomic E-state index is 12.5. The molecule has 0 aliphatic carbocycles. The fourth-order valence-electron chi connectivity index (χ4n) is 1.41. The molecule has 0 bridgehead atoms. The van der Waals surface area contributed by atoms with E-state index in [2.05, 4.69) is 9.73 Å². The Morgan fingerprint density at radius 1 is 1.56 bits per heavy atom. The summed E-state index contributed by atoms with van der Waals surface area (Å²) in [5.74, 6) is -3.31. The molecule has 1 rings (SSSR count). The molecule has 1 unspecified atom stereocenters. The molecule has 1 aliphatic rings. The number of halogens is 3. The normalized spacial score (nSPS) is 21.6. The van der Waals surface area contributed by atoms with Gasteiger partial charge in [0.1, 0.15) is 11.6 Å². The van der Waals surface area contributed by atoms with Gasteiger partial charge in [0.05, 0.1) is 6.61 Å². The first kappa shape index (κ1) is 12.7. The van der Waals surface area contributed by atoms with Gasteiger partial charge in [-0.2, -0.15) is 13.2 Å². The van der Waals surface area contributed by atoms with Gasteiger partial charge >= 0.3 is 12.1 Å². The van der Waals surface area contributed by atoms with E-state index < -0.39 is 29.7 Å². The summed E-state index contributed by atoms with van der Waals surface area (Å²) in [4.78, 5) is 24.9. The largest absolute Gasteiger partial charge is 0.465 e. The molecule has 0 spiro atoms. The van der Waals surface area contributed by atoms with E-state index >= 15 is 0 Å². The van der Waals surface area contributed by atoms with Crippen LogP contribution in [0.2, 0.25) is 0 Å². The summed E-state index contributed by atoms with van der Waals surface area (Å²) in [6.07, 6.45) is -5.13. The fraction of sp³-hybridized carbons (Fsp3) is 0.667. The maximum absolute atomic E-state index is 12.5. The number of amides is 1. The Morgan fingerprint density at radius 3 is 2.69 bits per heavy atom. The van der Waals surface area contributed by atoms with Crippen molar-refractivity contribution in [2.45, 2.75) is 25.9 Å². The van der Waals surface area contributed by atoms with Crippen LogP contribution in [-0.2, 0) is 14.3 Å². The van der Waals surface area contributed by atoms with E-state index in [0.717, 1.165) is 0 Å². The van der Waals surface area contributed by atoms with Crippen molar-refractivity contribution >= 4 is 17.6 Å². The number of rotatable bonds is 2. The minimum absolute atomic E-state index is 0.00554. The van der Waals surface area contributed by atoms with E-state index in [0.29, 0.717) is 0 Å². The van der Waals surface area contributed by atoms with Crippen LogP contribution >= 0.6 is 0 Å². The average molecular weight is 237 g/mol. The second-order valence-electron chi connectivity index (χ2n) is 3.23. The molecule has 0 aromatic rings. The van der Waals surface area contributed by atoms with Crippen LogP contribution in [0.15, 0.2) is 4.99 Å². The first-order chi connectivity index (χ1) is 7.36. The predicted molar refractivity (Wildman–Crippen MR) is 47.9 cm³/mol. The van der Waals surface area contributed by atoms with Crippen LogP contribution in [0.25, 0.3) is 0 Å². The molecule has 0 N–H and O–H groups in total. The first-order valence-electron chi connectivity index (χ1n) is 4.71. The third-order valence-corrected chi connectivity index (χ3v) is 2.08. The molecule has 0 fully saturated rings. The Morgan fingerprint density at radius 2 is 2.19 bits per heavy atom. The Bertz CT molecular complexity index is 335. The summed E-state index contributed by atoms with van der Waals surface area (Å²) in [5, 5.41) is 0. The standard InChI is InChI=1S/C9H10F3NO3/c1-2-16-8(15)5-3-4-6(14)13-7(5)9(10,11)12/h5H,2-4H2,1H3. The van der Waals surface area contributed by atoms with Gasteiger partial charge in [-0.05, 0) is 13.3 Å². The topological polar surface area (TPSA) is 55.7 Å². The highest BCUT2D eigenvalue weighted by molar-refractivity contribution is 6.11. The van der Waals surface area contributed by atoms with Crippen LogP contribution in [0.3, 0.4) is 0 Å². The molecule has 0 saturated carbocycles. The van der Waals surface area contributed by atoms with Crippen LogP contribution < -0.4 is 0 Å². The SMILES string of the molecule is CCOC(=O)C1CCC(=O)N=C1C(F)(F)F. The zero-order valence-electron chi connectivity index (χ0n) is 8.50. The van der Waals surface area contributed by atoms with Gasteiger partial charge in [-0.1, -0.05) is 0 Å². The zero-order chi connectivity index (χ0) is 12.3. The van der Waals surface area contributed by atoms with E-state index in [-0.39, 0.29) is 19.4 Å². The van der Waals surface area contributed by atoms with Gasteiger partial charge in [0.25, 0.3) is 0 Å². The van der Waals surface area contributed by atoms with Gasteiger partial charge < -0.3 is 4.74 Å². The highest BCUT2D eigenvalue weighted by Gasteiger charge is 2.46. The molecule has 0 saturated heterocycles. The molecule has 1 heterocycles. The van der Waals surface area contributed by atoms with Crippen molar-refractivity contribution in [2.24, 2.45) is 10.9 Å². The van der Waals surface area contributed by atoms with Gasteiger partial charge in [0.15, 0.2) is 0 Å². The Kier molecular flexibility index (Phi) is 3.66. The number of hydrogen-bond donors (Lipinski definition) is 0. The van der Waals surface area contributed by atoms with Crippen LogP contribution in [0.1, 0.15) is 19.8 Å². The molecule has 0 aromatic heterocycles. The van der Waals surface area contributed by atoms with Crippen LogP contribution in [0.5, 0.6) is 0 Å². The molecule has 1 aliphatic heterocycles. The molecular formula is C9H10F3NO3. The number of carbonyl (C=O) groups is 2. The summed E-state index contributed by atoms with van der Waals surface area (Å²) in [6, 6.07) is 0. The molecule has 4 nitrogen and oxygen atoms in total. The lowest BCUT2D eigenvalue weighted by atomic mass is 9.94. The molecule has 16 heavy (non-hydrogen) atoms. The van der Waals surface area contributed by atoms with Gasteiger partial charge in [-0.25, -0.2) is 4.99 Å². The van der Waals surface area contributed by atoms with Crippen LogP contribution in [0, 0.1) is 5.92 Å². The minimum atomic E-state index is -4.77. The number of ether oxygens (including phenoxy) is 1. The molecule has 1 amide bonds. The molecule has 0 radical (unpaired) electrons. The van der Waals surface area contributed by atoms with Crippen molar-refractivity contribution in [1.29, 1.82) is 0 Å². The number of esters is 1. The predicted octanol–water partition coefficient (Wildman–Crippen LogP) is 1.49. The number of aliphatic imine (C=N–C) groups is 1. The third-order valence-electron chi connectivity index (χ3n) is 2.08. The molecular weight excluding hydrogens is 227 g/mol. The minimum Gasteiger partial charge on any atom is -0.465 e. The fourth-order valence-corrected chi connectivity index (χ4v) is 1.41. The summed E-state index contributed by atoms with van der Waals surface area (Å²) in [6.45, 7) is 1.49. The van der Waals surface area contributed by atoms with Crippen molar-refractivity contribution in [1.82, 2.24) is 0 Å². The van der Waals surface area contributed by atoms with Crippen molar-refractivity contribution in [2.75, 3.05) is 6.61 Å². The van der Waals surface area contributed by atoms with E-state index in [9.17, 15) is 22.8 Å². The highest BCUT2D eigenvalue weighted by atomic mass is 19.4. The second-order valence-corrected chi connectivity index (χ2v) is 3.23. The average Bonchev–Trinajstić information content (AvgIpc) is 2.16. The van der Waals surface area contributed by atoms with Crippen LogP contribution in [0.4, 0.5) is 13.2 Å². The number of carbonyl (C=O) groups excluding carboxylic acids is 2. The number of nitrogens with zero attached hydrogens (tertiary/aromatic N) is 1. The van der Waals surface area contributed by atoms with Gasteiger partial charge in [0, 0.05) is 6.42 Å². The third kappa shape index (κ3) is 2.80. The summed E-state index contributed by atoms with van der Waals surface area (Å²) in [7, 11) is 0. The smallest absolute Gasteiger partial charge is 0.430 e. The lowest BCUT2D eigenvalue weighted by Gasteiger charge is -2.22. The van der Waals surface area contributed by atoms with Crippen molar-refractivity contribution in [3.8, 4) is 0 Å². The van der Waals surface area contributed by atoms with E-state index in [1.807, 2.05) is 0 Å². The van der Waals surface area contributed by atoms with Crippen molar-refractivity contribution < 1.29 is 27.5 Å². The maximum Gasteiger partial charge on any atom is 0.430 e. The van der Waals surface area contributed by atoms with Crippen molar-refractivity contribution in [3.63, 3.8) is 0 Å². The molecule has 7 heteroatoms. The quantitative estimate of drug-likeness (QED) is 0.683. The summed E-state index contributed by atoms with van der Waals surface area (Å²) in [5.41, 5.74) is -1.35. The number of alkyl halides is 3. The van der Waals surface area contributed by atoms with Gasteiger partial charge in [-0.3, -0.25) is 9.59 Å². The zero-order valence-corrected chi connectivity index (χ0v) is 8.50. The lowest BCUT2D eigenvalue weighted by Crippen LogP contribution is -2.39. The lowest BCUT2D eigenvalue weighted by molar-refractivity contribution is -0.147. The first-order valence-corrected chi connectivity index (χ1v) is 4.71. The monoisotopic (exact) mass is 237 g/mol. The van der Waals surface area contributed by atoms with Crippen molar-refractivity contribution in [3.05, 3.63) is 0 Å². The number of hydrogen-bond acceptors (Lipinski definition) is 3. The second kappa shape index (κ2) is 4.63. The summed E-state index contributed by atoms with van der Waals surface area (Å²) < 4.78 is 41.9. The molecule has 90 valence electrons. The molecule has 1 atom stereocenters. The van der Waals surface area contributed by atoms with E-state index in [1.54, 1.807) is 0 Å². The summed E-state index contributed by atoms with van der Waals surface area (Å²) >= 11 is 0. The molecule has 0 aromatic carbocycles. The van der Waals surface area contributed by atoms with Gasteiger partial charge in [0.2, 0.25) is 5.91 Å². The van der Waals surface area contributed by atoms with E-state index in [1.165, 1.54) is 6.92 Å². The van der Waals surface area contributed by atoms with E-state index in [4.69, 9.17) is 0 Å². The Labute approximate surface area is 89.5 Å². The Balaban J connectivity index is 2.96. The Hall–Kier alpha value is -1.40.